The molecule has 2 heterocycles. The van der Waals surface area contributed by atoms with E-state index in [1.165, 1.54) is 6.92 Å². The van der Waals surface area contributed by atoms with E-state index >= 15 is 0 Å². The number of rotatable bonds is 11. The Kier molecular flexibility index (Phi) is 9.50. The van der Waals surface area contributed by atoms with Crippen LogP contribution in [0.2, 0.25) is 0 Å². The van der Waals surface area contributed by atoms with Crippen LogP contribution in [0.3, 0.4) is 0 Å². The molecule has 1 saturated heterocycles. The molecule has 2 N–H and O–H groups in total. The van der Waals surface area contributed by atoms with Gasteiger partial charge in [-0.1, -0.05) is 30.3 Å². The van der Waals surface area contributed by atoms with Crippen molar-refractivity contribution >= 4 is 26.1 Å². The minimum atomic E-state index is -5.43. The van der Waals surface area contributed by atoms with Gasteiger partial charge in [0.1, 0.15) is 31.0 Å². The molecular weight excluding hydrogens is 603 g/mol. The summed E-state index contributed by atoms with van der Waals surface area (Å²) in [4.78, 5) is 38.7. The molecule has 14 nitrogen and oxygen atoms in total. The zero-order valence-electron chi connectivity index (χ0n) is 21.7. The van der Waals surface area contributed by atoms with Crippen molar-refractivity contribution in [3.63, 3.8) is 0 Å². The lowest BCUT2D eigenvalue weighted by atomic mass is 9.94. The van der Waals surface area contributed by atoms with Crippen LogP contribution < -0.4 is 16.6 Å². The maximum atomic E-state index is 13.4. The first-order chi connectivity index (χ1) is 18.8. The van der Waals surface area contributed by atoms with Crippen LogP contribution in [0.5, 0.6) is 0 Å². The number of hydrogen-bond acceptors (Lipinski definition) is 11. The van der Waals surface area contributed by atoms with Gasteiger partial charge >= 0.3 is 17.8 Å². The largest absolute Gasteiger partial charge is 0.471 e. The number of aryl methyl sites for hydroxylation is 1. The second kappa shape index (κ2) is 12.0. The van der Waals surface area contributed by atoms with Gasteiger partial charge < -0.3 is 14.8 Å². The standard InChI is InChI=1S/C22H26F3N3O11S2/c1-13-9-28(20(31)27-17(13)29)18-15(26-19(30)22(23,24)25)16(36-10-14-7-5-4-6-8-14)21(39-18,11-37-40(2,32)33)12-38-41(3,34)35/h4-9,15-16,18H,10-12H2,1-3H3,(H,26,30)(H,27,29,31)/t15-,16-,18+/m0/s1. The van der Waals surface area contributed by atoms with Gasteiger partial charge in [0, 0.05) is 11.8 Å². The third-order valence-corrected chi connectivity index (χ3v) is 6.88. The SMILES string of the molecule is Cc1cn([C@@H]2OC(COS(C)(=O)=O)(COS(C)(=O)=O)[C@@H](OCc3ccccc3)[C@@H]2NC(=O)C(F)(F)F)c(=O)[nH]c1=O. The van der Waals surface area contributed by atoms with E-state index in [0.717, 1.165) is 6.20 Å². The summed E-state index contributed by atoms with van der Waals surface area (Å²) < 4.78 is 110. The van der Waals surface area contributed by atoms with E-state index in [9.17, 15) is 44.4 Å². The van der Waals surface area contributed by atoms with Crippen molar-refractivity contribution in [2.24, 2.45) is 0 Å². The van der Waals surface area contributed by atoms with E-state index in [2.05, 4.69) is 0 Å². The average molecular weight is 630 g/mol. The molecule has 0 saturated carbocycles. The lowest BCUT2D eigenvalue weighted by Crippen LogP contribution is -2.57. The Morgan fingerprint density at radius 3 is 2.15 bits per heavy atom. The lowest BCUT2D eigenvalue weighted by Gasteiger charge is -2.34. The molecule has 228 valence electrons. The van der Waals surface area contributed by atoms with E-state index in [1.54, 1.807) is 35.6 Å². The van der Waals surface area contributed by atoms with Gasteiger partial charge in [-0.3, -0.25) is 27.5 Å². The molecule has 0 bridgehead atoms. The van der Waals surface area contributed by atoms with Crippen LogP contribution in [0.4, 0.5) is 13.2 Å². The number of aromatic amines is 1. The molecule has 1 aromatic carbocycles. The predicted molar refractivity (Wildman–Crippen MR) is 134 cm³/mol. The van der Waals surface area contributed by atoms with E-state index in [1.807, 2.05) is 4.98 Å². The summed E-state index contributed by atoms with van der Waals surface area (Å²) in [5.74, 6) is -2.48. The molecule has 0 unspecified atom stereocenters. The van der Waals surface area contributed by atoms with Crippen molar-refractivity contribution in [1.82, 2.24) is 14.9 Å². The monoisotopic (exact) mass is 629 g/mol. The van der Waals surface area contributed by atoms with E-state index < -0.39 is 80.8 Å². The van der Waals surface area contributed by atoms with Crippen molar-refractivity contribution in [2.75, 3.05) is 25.7 Å². The maximum Gasteiger partial charge on any atom is 0.471 e. The molecule has 1 aliphatic heterocycles. The zero-order valence-corrected chi connectivity index (χ0v) is 23.3. The highest BCUT2D eigenvalue weighted by Gasteiger charge is 2.60. The summed E-state index contributed by atoms with van der Waals surface area (Å²) in [7, 11) is -8.57. The number of H-pyrrole nitrogens is 1. The Balaban J connectivity index is 2.24. The van der Waals surface area contributed by atoms with Gasteiger partial charge in [0.25, 0.3) is 25.8 Å². The van der Waals surface area contributed by atoms with Gasteiger partial charge in [-0.15, -0.1) is 0 Å². The van der Waals surface area contributed by atoms with Gasteiger partial charge in [-0.2, -0.15) is 30.0 Å². The second-order valence-electron chi connectivity index (χ2n) is 9.20. The molecule has 2 aromatic rings. The van der Waals surface area contributed by atoms with Gasteiger partial charge in [0.2, 0.25) is 0 Å². The molecule has 0 spiro atoms. The Morgan fingerprint density at radius 1 is 1.07 bits per heavy atom. The molecule has 41 heavy (non-hydrogen) atoms. The molecule has 3 atom stereocenters. The third-order valence-electron chi connectivity index (χ3n) is 5.79. The molecule has 0 aliphatic carbocycles. The Hall–Kier alpha value is -3.10. The summed E-state index contributed by atoms with van der Waals surface area (Å²) in [6, 6.07) is 6.11. The number of nitrogens with zero attached hydrogens (tertiary/aromatic N) is 1. The average Bonchev–Trinajstić information content (AvgIpc) is 3.15. The molecule has 3 rings (SSSR count). The highest BCUT2D eigenvalue weighted by molar-refractivity contribution is 7.86. The van der Waals surface area contributed by atoms with Crippen molar-refractivity contribution in [3.8, 4) is 0 Å². The fourth-order valence-corrected chi connectivity index (χ4v) is 4.77. The van der Waals surface area contributed by atoms with Crippen molar-refractivity contribution in [2.45, 2.75) is 43.7 Å². The normalized spacial score (nSPS) is 21.1. The number of ether oxygens (including phenoxy) is 2. The number of alkyl halides is 3. The minimum absolute atomic E-state index is 0.0897. The summed E-state index contributed by atoms with van der Waals surface area (Å²) in [6.45, 7) is -1.25. The van der Waals surface area contributed by atoms with E-state index in [0.29, 0.717) is 22.6 Å². The first-order valence-electron chi connectivity index (χ1n) is 11.5. The summed E-state index contributed by atoms with van der Waals surface area (Å²) in [5, 5.41) is 1.69. The van der Waals surface area contributed by atoms with Crippen molar-refractivity contribution in [3.05, 3.63) is 68.5 Å². The Bertz CT molecular complexity index is 1550. The van der Waals surface area contributed by atoms with Gasteiger partial charge in [0.05, 0.1) is 19.1 Å². The molecule has 0 radical (unpaired) electrons. The van der Waals surface area contributed by atoms with Gasteiger partial charge in [0.15, 0.2) is 6.23 Å². The van der Waals surface area contributed by atoms with Crippen LogP contribution in [-0.4, -0.2) is 81.9 Å². The van der Waals surface area contributed by atoms with E-state index in [4.69, 9.17) is 17.8 Å². The number of hydrogen-bond donors (Lipinski definition) is 2. The van der Waals surface area contributed by atoms with Crippen LogP contribution in [0.1, 0.15) is 17.4 Å². The maximum absolute atomic E-state index is 13.4. The predicted octanol–water partition coefficient (Wildman–Crippen LogP) is -0.302. The van der Waals surface area contributed by atoms with Crippen molar-refractivity contribution < 1.29 is 52.6 Å². The van der Waals surface area contributed by atoms with E-state index in [-0.39, 0.29) is 12.2 Å². The van der Waals surface area contributed by atoms with Crippen LogP contribution in [0, 0.1) is 6.92 Å². The number of carbonyl (C=O) groups is 1. The second-order valence-corrected chi connectivity index (χ2v) is 12.5. The van der Waals surface area contributed by atoms with Crippen LogP contribution in [0.25, 0.3) is 0 Å². The molecular formula is C22H26F3N3O11S2. The molecule has 19 heteroatoms. The number of halogens is 3. The zero-order chi connectivity index (χ0) is 30.8. The van der Waals surface area contributed by atoms with Crippen molar-refractivity contribution in [1.29, 1.82) is 0 Å². The lowest BCUT2D eigenvalue weighted by molar-refractivity contribution is -0.175. The third kappa shape index (κ3) is 8.46. The molecule has 1 fully saturated rings. The summed E-state index contributed by atoms with van der Waals surface area (Å²) in [5.41, 5.74) is -3.99. The van der Waals surface area contributed by atoms with Gasteiger partial charge in [-0.05, 0) is 12.5 Å². The molecule has 1 aliphatic rings. The smallest absolute Gasteiger partial charge is 0.368 e. The summed E-state index contributed by atoms with van der Waals surface area (Å²) >= 11 is 0. The Morgan fingerprint density at radius 2 is 1.63 bits per heavy atom. The molecule has 1 aromatic heterocycles. The fraction of sp³-hybridized carbons (Fsp3) is 0.500. The van der Waals surface area contributed by atoms with Crippen LogP contribution >= 0.6 is 0 Å². The first-order valence-corrected chi connectivity index (χ1v) is 15.2. The fourth-order valence-electron chi connectivity index (χ4n) is 3.95. The highest BCUT2D eigenvalue weighted by atomic mass is 32.2. The highest BCUT2D eigenvalue weighted by Crippen LogP contribution is 2.41. The minimum Gasteiger partial charge on any atom is -0.368 e. The number of carbonyl (C=O) groups excluding carboxylic acids is 1. The quantitative estimate of drug-likeness (QED) is 0.311. The van der Waals surface area contributed by atoms with Crippen LogP contribution in [-0.2, 0) is 49.5 Å². The number of aromatic nitrogens is 2. The van der Waals surface area contributed by atoms with Crippen LogP contribution in [0.15, 0.2) is 46.1 Å². The number of amides is 1. The van der Waals surface area contributed by atoms with Gasteiger partial charge in [-0.25, -0.2) is 4.79 Å². The Labute approximate surface area is 231 Å². The number of nitrogens with one attached hydrogen (secondary N) is 2. The summed E-state index contributed by atoms with van der Waals surface area (Å²) in [6.07, 6.45) is -6.97. The topological polar surface area (TPSA) is 189 Å². The first kappa shape index (κ1) is 32.4. The molecule has 1 amide bonds. The number of benzene rings is 1.